The molecule has 0 unspecified atom stereocenters. The first-order valence-electron chi connectivity index (χ1n) is 5.95. The molecule has 0 aliphatic rings. The van der Waals surface area contributed by atoms with E-state index < -0.39 is 5.92 Å². The Morgan fingerprint density at radius 1 is 1.32 bits per heavy atom. The van der Waals surface area contributed by atoms with Crippen LogP contribution >= 0.6 is 0 Å². The van der Waals surface area contributed by atoms with Gasteiger partial charge in [-0.2, -0.15) is 0 Å². The van der Waals surface area contributed by atoms with Crippen LogP contribution in [0.1, 0.15) is 26.3 Å². The highest BCUT2D eigenvalue weighted by Crippen LogP contribution is 2.27. The lowest BCUT2D eigenvalue weighted by atomic mass is 10.1. The van der Waals surface area contributed by atoms with Crippen LogP contribution in [-0.4, -0.2) is 5.71 Å². The molecule has 19 heavy (non-hydrogen) atoms. The summed E-state index contributed by atoms with van der Waals surface area (Å²) >= 11 is 0. The number of benzene rings is 1. The molecule has 2 nitrogen and oxygen atoms in total. The summed E-state index contributed by atoms with van der Waals surface area (Å²) in [5.41, 5.74) is 2.06. The number of nitrogens with zero attached hydrogens (tertiary/aromatic N) is 1. The van der Waals surface area contributed by atoms with Crippen LogP contribution in [0.3, 0.4) is 0 Å². The van der Waals surface area contributed by atoms with E-state index in [9.17, 15) is 8.78 Å². The second-order valence-electron chi connectivity index (χ2n) is 4.27. The molecule has 1 aromatic rings. The quantitative estimate of drug-likeness (QED) is 0.765. The topological polar surface area (TPSA) is 24.4 Å². The summed E-state index contributed by atoms with van der Waals surface area (Å²) in [5, 5.41) is 3.03. The minimum Gasteiger partial charge on any atom is -0.355 e. The Bertz CT molecular complexity index is 494. The number of anilines is 1. The van der Waals surface area contributed by atoms with Gasteiger partial charge < -0.3 is 5.32 Å². The van der Waals surface area contributed by atoms with Gasteiger partial charge in [0.1, 0.15) is 0 Å². The normalized spacial score (nSPS) is 12.8. The van der Waals surface area contributed by atoms with Gasteiger partial charge in [0.05, 0.1) is 11.4 Å². The van der Waals surface area contributed by atoms with Gasteiger partial charge in [-0.1, -0.05) is 24.8 Å². The van der Waals surface area contributed by atoms with E-state index in [2.05, 4.69) is 16.9 Å². The third-order valence-corrected chi connectivity index (χ3v) is 2.54. The summed E-state index contributed by atoms with van der Waals surface area (Å²) in [7, 11) is 0. The molecule has 1 aromatic carbocycles. The third kappa shape index (κ3) is 4.66. The van der Waals surface area contributed by atoms with Crippen LogP contribution in [0.25, 0.3) is 0 Å². The molecular formula is C15H18F2N2. The molecule has 0 aliphatic carbocycles. The molecule has 0 saturated heterocycles. The van der Waals surface area contributed by atoms with Crippen molar-refractivity contribution in [2.75, 3.05) is 5.32 Å². The fourth-order valence-electron chi connectivity index (χ4n) is 1.38. The van der Waals surface area contributed by atoms with E-state index in [1.807, 2.05) is 19.9 Å². The van der Waals surface area contributed by atoms with Crippen molar-refractivity contribution in [3.05, 3.63) is 54.4 Å². The molecule has 0 saturated carbocycles. The standard InChI is InChI=1S/C15H18F2N2/c1-5-10-18-11(2)12(3)19-14-8-6-13(7-9-14)15(4,16)17/h5-10,19H,3H2,1-2,4H3/b10-5-,18-11?. The second-order valence-corrected chi connectivity index (χ2v) is 4.27. The third-order valence-electron chi connectivity index (χ3n) is 2.54. The number of hydrogen-bond donors (Lipinski definition) is 1. The molecule has 0 amide bonds. The molecule has 0 bridgehead atoms. The predicted molar refractivity (Wildman–Crippen MR) is 76.7 cm³/mol. The number of nitrogens with one attached hydrogen (secondary N) is 1. The average Bonchev–Trinajstić information content (AvgIpc) is 2.35. The summed E-state index contributed by atoms with van der Waals surface area (Å²) in [6, 6.07) is 5.99. The van der Waals surface area contributed by atoms with Gasteiger partial charge in [-0.25, -0.2) is 8.78 Å². The van der Waals surface area contributed by atoms with Crippen LogP contribution in [-0.2, 0) is 5.92 Å². The van der Waals surface area contributed by atoms with Crippen LogP contribution in [0, 0.1) is 0 Å². The summed E-state index contributed by atoms with van der Waals surface area (Å²) in [4.78, 5) is 4.15. The van der Waals surface area contributed by atoms with Crippen LogP contribution in [0.5, 0.6) is 0 Å². The minimum absolute atomic E-state index is 0.0111. The van der Waals surface area contributed by atoms with E-state index in [1.54, 1.807) is 18.3 Å². The van der Waals surface area contributed by atoms with Crippen molar-refractivity contribution in [1.82, 2.24) is 0 Å². The Labute approximate surface area is 112 Å². The van der Waals surface area contributed by atoms with Gasteiger partial charge in [0.2, 0.25) is 0 Å². The van der Waals surface area contributed by atoms with Gasteiger partial charge in [-0.15, -0.1) is 0 Å². The van der Waals surface area contributed by atoms with Crippen LogP contribution in [0.15, 0.2) is 53.8 Å². The van der Waals surface area contributed by atoms with Crippen molar-refractivity contribution in [1.29, 1.82) is 0 Å². The fraction of sp³-hybridized carbons (Fsp3) is 0.267. The molecule has 1 rings (SSSR count). The van der Waals surface area contributed by atoms with Gasteiger partial charge >= 0.3 is 0 Å². The van der Waals surface area contributed by atoms with Crippen LogP contribution in [0.4, 0.5) is 14.5 Å². The lowest BCUT2D eigenvalue weighted by Crippen LogP contribution is -2.08. The summed E-state index contributed by atoms with van der Waals surface area (Å²) < 4.78 is 26.1. The molecule has 0 spiro atoms. The Morgan fingerprint density at radius 3 is 2.37 bits per heavy atom. The number of allylic oxidation sites excluding steroid dienone is 2. The SMILES string of the molecule is C=C(Nc1ccc(C(C)(F)F)cc1)C(C)=N/C=C\C. The Morgan fingerprint density at radius 2 is 1.89 bits per heavy atom. The van der Waals surface area contributed by atoms with Crippen molar-refractivity contribution in [2.45, 2.75) is 26.7 Å². The van der Waals surface area contributed by atoms with Crippen molar-refractivity contribution in [3.63, 3.8) is 0 Å². The highest BCUT2D eigenvalue weighted by atomic mass is 19.3. The van der Waals surface area contributed by atoms with Crippen LogP contribution in [0.2, 0.25) is 0 Å². The van der Waals surface area contributed by atoms with Gasteiger partial charge in [0, 0.05) is 24.4 Å². The molecule has 0 atom stereocenters. The Hall–Kier alpha value is -1.97. The first-order valence-corrected chi connectivity index (χ1v) is 5.95. The maximum absolute atomic E-state index is 13.1. The van der Waals surface area contributed by atoms with E-state index in [-0.39, 0.29) is 5.56 Å². The van der Waals surface area contributed by atoms with Crippen molar-refractivity contribution in [2.24, 2.45) is 4.99 Å². The Kier molecular flexibility index (Phi) is 4.98. The number of rotatable bonds is 5. The minimum atomic E-state index is -2.82. The zero-order chi connectivity index (χ0) is 14.5. The largest absolute Gasteiger partial charge is 0.355 e. The molecule has 1 N–H and O–H groups in total. The zero-order valence-corrected chi connectivity index (χ0v) is 11.4. The van der Waals surface area contributed by atoms with E-state index in [0.29, 0.717) is 11.4 Å². The lowest BCUT2D eigenvalue weighted by Gasteiger charge is -2.13. The molecule has 0 radical (unpaired) electrons. The lowest BCUT2D eigenvalue weighted by molar-refractivity contribution is 0.0175. The van der Waals surface area contributed by atoms with Gasteiger partial charge in [-0.3, -0.25) is 4.99 Å². The van der Waals surface area contributed by atoms with E-state index in [1.165, 1.54) is 12.1 Å². The maximum Gasteiger partial charge on any atom is 0.270 e. The van der Waals surface area contributed by atoms with Crippen molar-refractivity contribution >= 4 is 11.4 Å². The van der Waals surface area contributed by atoms with Gasteiger partial charge in [0.25, 0.3) is 5.92 Å². The maximum atomic E-state index is 13.1. The van der Waals surface area contributed by atoms with Gasteiger partial charge in [-0.05, 0) is 26.0 Å². The Balaban J connectivity index is 2.76. The molecule has 0 aromatic heterocycles. The molecule has 0 fully saturated rings. The highest BCUT2D eigenvalue weighted by Gasteiger charge is 2.23. The van der Waals surface area contributed by atoms with Crippen molar-refractivity contribution in [3.8, 4) is 0 Å². The molecule has 4 heteroatoms. The van der Waals surface area contributed by atoms with Crippen molar-refractivity contribution < 1.29 is 8.78 Å². The van der Waals surface area contributed by atoms with E-state index >= 15 is 0 Å². The number of halogens is 2. The fourth-order valence-corrected chi connectivity index (χ4v) is 1.38. The summed E-state index contributed by atoms with van der Waals surface area (Å²) in [5.74, 6) is -2.82. The number of alkyl halides is 2. The second kappa shape index (κ2) is 6.27. The monoisotopic (exact) mass is 264 g/mol. The van der Waals surface area contributed by atoms with Crippen LogP contribution < -0.4 is 5.32 Å². The molecule has 0 aliphatic heterocycles. The smallest absolute Gasteiger partial charge is 0.270 e. The molecular weight excluding hydrogens is 246 g/mol. The molecule has 102 valence electrons. The van der Waals surface area contributed by atoms with E-state index in [4.69, 9.17) is 0 Å². The highest BCUT2D eigenvalue weighted by molar-refractivity contribution is 6.00. The molecule has 0 heterocycles. The number of hydrogen-bond acceptors (Lipinski definition) is 2. The first-order chi connectivity index (χ1) is 8.84. The average molecular weight is 264 g/mol. The first kappa shape index (κ1) is 15.1. The van der Waals surface area contributed by atoms with E-state index in [0.717, 1.165) is 12.6 Å². The van der Waals surface area contributed by atoms with Gasteiger partial charge in [0.15, 0.2) is 0 Å². The summed E-state index contributed by atoms with van der Waals surface area (Å²) in [6.45, 7) is 8.42. The predicted octanol–water partition coefficient (Wildman–Crippen LogP) is 4.72. The zero-order valence-electron chi connectivity index (χ0n) is 11.4. The number of aliphatic imine (C=N–C) groups is 1. The summed E-state index contributed by atoms with van der Waals surface area (Å²) in [6.07, 6.45) is 3.48.